The summed E-state index contributed by atoms with van der Waals surface area (Å²) in [6, 6.07) is 0. The fourth-order valence-corrected chi connectivity index (χ4v) is 1.97. The lowest BCUT2D eigenvalue weighted by molar-refractivity contribution is -0.194. The smallest absolute Gasteiger partial charge is 0.204 e. The third-order valence-corrected chi connectivity index (χ3v) is 3.07. The lowest BCUT2D eigenvalue weighted by atomic mass is 10.0. The minimum Gasteiger partial charge on any atom is -0.378 e. The minimum absolute atomic E-state index is 0.0664. The van der Waals surface area contributed by atoms with Crippen LogP contribution in [0.2, 0.25) is 0 Å². The van der Waals surface area contributed by atoms with Gasteiger partial charge in [-0.15, -0.1) is 0 Å². The largest absolute Gasteiger partial charge is 0.378 e. The third kappa shape index (κ3) is 14.5. The Labute approximate surface area is 138 Å². The van der Waals surface area contributed by atoms with Crippen LogP contribution >= 0.6 is 0 Å². The van der Waals surface area contributed by atoms with Crippen LogP contribution in [0.5, 0.6) is 0 Å². The Kier molecular flexibility index (Phi) is 17.0. The maximum Gasteiger partial charge on any atom is 0.204 e. The molecule has 0 aromatic heterocycles. The van der Waals surface area contributed by atoms with Gasteiger partial charge >= 0.3 is 0 Å². The van der Waals surface area contributed by atoms with Gasteiger partial charge in [0.2, 0.25) is 6.41 Å². The van der Waals surface area contributed by atoms with Gasteiger partial charge in [-0.05, 0) is 12.8 Å². The minimum atomic E-state index is -0.0664. The molecule has 1 aliphatic rings. The Bertz CT molecular complexity index is 258. The van der Waals surface area contributed by atoms with Crippen LogP contribution < -0.4 is 11.5 Å². The predicted molar refractivity (Wildman–Crippen MR) is 85.9 cm³/mol. The first-order valence-corrected chi connectivity index (χ1v) is 8.08. The topological polar surface area (TPSA) is 115 Å². The van der Waals surface area contributed by atoms with Crippen LogP contribution in [0.4, 0.5) is 0 Å². The molecule has 0 aliphatic carbocycles. The summed E-state index contributed by atoms with van der Waals surface area (Å²) >= 11 is 0. The molecule has 4 N–H and O–H groups in total. The third-order valence-electron chi connectivity index (χ3n) is 3.07. The van der Waals surface area contributed by atoms with E-state index in [0.29, 0.717) is 58.7 Å². The average molecular weight is 336 g/mol. The van der Waals surface area contributed by atoms with Crippen molar-refractivity contribution in [3.63, 3.8) is 0 Å². The molecule has 138 valence electrons. The number of hydrogen-bond donors (Lipinski definition) is 2. The van der Waals surface area contributed by atoms with Crippen LogP contribution in [-0.2, 0) is 28.5 Å². The number of carbonyl (C=O) groups excluding carboxylic acids is 1. The molecule has 1 saturated heterocycles. The zero-order valence-corrected chi connectivity index (χ0v) is 14.1. The molecule has 0 aromatic carbocycles. The molecule has 8 nitrogen and oxygen atoms in total. The fraction of sp³-hybridized carbons (Fsp3) is 0.933. The highest BCUT2D eigenvalue weighted by Crippen LogP contribution is 2.20. The van der Waals surface area contributed by atoms with Crippen LogP contribution in [0, 0.1) is 5.92 Å². The number of ether oxygens (including phenoxy) is 5. The van der Waals surface area contributed by atoms with Crippen molar-refractivity contribution in [1.82, 2.24) is 0 Å². The van der Waals surface area contributed by atoms with E-state index in [1.165, 1.54) is 6.42 Å². The molecular weight excluding hydrogens is 304 g/mol. The van der Waals surface area contributed by atoms with Crippen LogP contribution in [0.3, 0.4) is 0 Å². The van der Waals surface area contributed by atoms with Gasteiger partial charge in [-0.3, -0.25) is 4.79 Å². The van der Waals surface area contributed by atoms with E-state index >= 15 is 0 Å². The summed E-state index contributed by atoms with van der Waals surface area (Å²) in [5, 5.41) is 0. The van der Waals surface area contributed by atoms with Gasteiger partial charge in [0.25, 0.3) is 0 Å². The van der Waals surface area contributed by atoms with Gasteiger partial charge in [-0.1, -0.05) is 6.92 Å². The van der Waals surface area contributed by atoms with Crippen molar-refractivity contribution < 1.29 is 28.5 Å². The molecule has 1 amide bonds. The fourth-order valence-electron chi connectivity index (χ4n) is 1.97. The van der Waals surface area contributed by atoms with Gasteiger partial charge in [0.1, 0.15) is 0 Å². The van der Waals surface area contributed by atoms with Gasteiger partial charge in [-0.2, -0.15) is 0 Å². The first kappa shape index (κ1) is 22.2. The maximum absolute atomic E-state index is 8.58. The van der Waals surface area contributed by atoms with Crippen molar-refractivity contribution in [2.24, 2.45) is 17.4 Å². The number of carbonyl (C=O) groups is 1. The second kappa shape index (κ2) is 17.6. The molecular formula is C15H32N2O6. The van der Waals surface area contributed by atoms with E-state index in [9.17, 15) is 0 Å². The van der Waals surface area contributed by atoms with Crippen molar-refractivity contribution in [2.45, 2.75) is 26.1 Å². The van der Waals surface area contributed by atoms with Gasteiger partial charge in [0.15, 0.2) is 6.29 Å². The zero-order chi connectivity index (χ0) is 17.2. The Morgan fingerprint density at radius 2 is 1.57 bits per heavy atom. The SMILES string of the molecule is CC1CCCOC1OCCOCCOCCOCCN.NC=O. The van der Waals surface area contributed by atoms with Crippen molar-refractivity contribution in [3.05, 3.63) is 0 Å². The molecule has 1 fully saturated rings. The van der Waals surface area contributed by atoms with E-state index in [1.54, 1.807) is 0 Å². The highest BCUT2D eigenvalue weighted by molar-refractivity contribution is 5.42. The van der Waals surface area contributed by atoms with E-state index < -0.39 is 0 Å². The second-order valence-corrected chi connectivity index (χ2v) is 4.99. The first-order chi connectivity index (χ1) is 11.3. The highest BCUT2D eigenvalue weighted by atomic mass is 16.7. The van der Waals surface area contributed by atoms with Crippen molar-refractivity contribution >= 4 is 6.41 Å². The molecule has 2 atom stereocenters. The van der Waals surface area contributed by atoms with Gasteiger partial charge in [0, 0.05) is 19.1 Å². The lowest BCUT2D eigenvalue weighted by Crippen LogP contribution is -2.31. The maximum atomic E-state index is 8.58. The van der Waals surface area contributed by atoms with Crippen molar-refractivity contribution in [1.29, 1.82) is 0 Å². The second-order valence-electron chi connectivity index (χ2n) is 4.99. The molecule has 0 spiro atoms. The number of hydrogen-bond acceptors (Lipinski definition) is 7. The number of amides is 1. The highest BCUT2D eigenvalue weighted by Gasteiger charge is 2.22. The molecule has 1 aliphatic heterocycles. The quantitative estimate of drug-likeness (QED) is 0.377. The molecule has 8 heteroatoms. The molecule has 1 heterocycles. The predicted octanol–water partition coefficient (Wildman–Crippen LogP) is -0.114. The van der Waals surface area contributed by atoms with Gasteiger partial charge in [-0.25, -0.2) is 0 Å². The van der Waals surface area contributed by atoms with E-state index in [1.807, 2.05) is 0 Å². The number of nitrogens with two attached hydrogens (primary N) is 2. The van der Waals surface area contributed by atoms with Crippen molar-refractivity contribution in [3.8, 4) is 0 Å². The summed E-state index contributed by atoms with van der Waals surface area (Å²) in [6.45, 7) is 7.52. The van der Waals surface area contributed by atoms with Gasteiger partial charge in [0.05, 0.1) is 46.2 Å². The zero-order valence-electron chi connectivity index (χ0n) is 14.1. The van der Waals surface area contributed by atoms with Crippen LogP contribution in [0.1, 0.15) is 19.8 Å². The monoisotopic (exact) mass is 336 g/mol. The molecule has 2 unspecified atom stereocenters. The van der Waals surface area contributed by atoms with Crippen LogP contribution in [0.25, 0.3) is 0 Å². The summed E-state index contributed by atoms with van der Waals surface area (Å²) in [6.07, 6.45) is 2.48. The Hall–Kier alpha value is -0.770. The first-order valence-electron chi connectivity index (χ1n) is 8.08. The summed E-state index contributed by atoms with van der Waals surface area (Å²) in [5.74, 6) is 0.473. The van der Waals surface area contributed by atoms with E-state index in [4.69, 9.17) is 34.2 Å². The molecule has 0 bridgehead atoms. The van der Waals surface area contributed by atoms with Crippen LogP contribution in [0.15, 0.2) is 0 Å². The van der Waals surface area contributed by atoms with E-state index in [2.05, 4.69) is 12.7 Å². The number of primary amides is 1. The van der Waals surface area contributed by atoms with E-state index in [0.717, 1.165) is 13.0 Å². The van der Waals surface area contributed by atoms with Gasteiger partial charge < -0.3 is 35.2 Å². The molecule has 1 rings (SSSR count). The standard InChI is InChI=1S/C14H29NO5.CH3NO/c1-13-3-2-5-19-14(13)20-12-11-18-10-9-17-8-7-16-6-4-15;2-1-3/h13-14H,2-12,15H2,1H3;1H,(H2,2,3). The Morgan fingerprint density at radius 1 is 1.04 bits per heavy atom. The molecule has 0 saturated carbocycles. The lowest BCUT2D eigenvalue weighted by Gasteiger charge is -2.28. The number of rotatable bonds is 12. The normalized spacial score (nSPS) is 20.6. The Balaban J connectivity index is 0.00000149. The Morgan fingerprint density at radius 3 is 2.09 bits per heavy atom. The summed E-state index contributed by atoms with van der Waals surface area (Å²) < 4.78 is 27.1. The average Bonchev–Trinajstić information content (AvgIpc) is 2.55. The van der Waals surface area contributed by atoms with E-state index in [-0.39, 0.29) is 12.7 Å². The van der Waals surface area contributed by atoms with Crippen molar-refractivity contribution in [2.75, 3.05) is 59.4 Å². The summed E-state index contributed by atoms with van der Waals surface area (Å²) in [7, 11) is 0. The van der Waals surface area contributed by atoms with Crippen LogP contribution in [-0.4, -0.2) is 72.1 Å². The summed E-state index contributed by atoms with van der Waals surface area (Å²) in [5.41, 5.74) is 9.46. The molecule has 0 radical (unpaired) electrons. The molecule has 23 heavy (non-hydrogen) atoms. The molecule has 0 aromatic rings. The summed E-state index contributed by atoms with van der Waals surface area (Å²) in [4.78, 5) is 8.58.